The number of carbonyl (C=O) groups is 3. The lowest BCUT2D eigenvalue weighted by Crippen LogP contribution is -2.42. The van der Waals surface area contributed by atoms with Crippen molar-refractivity contribution in [2.24, 2.45) is 24.3 Å². The van der Waals surface area contributed by atoms with Crippen LogP contribution in [0.4, 0.5) is 23.7 Å². The average Bonchev–Trinajstić information content (AvgIpc) is 3.14. The summed E-state index contributed by atoms with van der Waals surface area (Å²) in [5, 5.41) is 11.6. The number of hydrogen-bond donors (Lipinski definition) is 1. The van der Waals surface area contributed by atoms with Crippen LogP contribution in [0, 0.1) is 17.3 Å². The van der Waals surface area contributed by atoms with Gasteiger partial charge in [-0.25, -0.2) is 9.36 Å². The highest BCUT2D eigenvalue weighted by atomic mass is 19.4. The van der Waals surface area contributed by atoms with Gasteiger partial charge in [-0.3, -0.25) is 10.1 Å². The van der Waals surface area contributed by atoms with E-state index in [2.05, 4.69) is 18.3 Å². The zero-order valence-corrected chi connectivity index (χ0v) is 20.6. The highest BCUT2D eigenvalue weighted by Crippen LogP contribution is 2.59. The monoisotopic (exact) mass is 518 g/mol. The molecular weight excluding hydrogens is 489 g/mol. The van der Waals surface area contributed by atoms with Crippen molar-refractivity contribution in [1.82, 2.24) is 0 Å². The van der Waals surface area contributed by atoms with E-state index in [0.29, 0.717) is 35.0 Å². The number of ether oxygens (including phenoxy) is 1. The fraction of sp³-hybridized carbons (Fsp3) is 0.481. The molecule has 3 aliphatic rings. The van der Waals surface area contributed by atoms with E-state index in [0.717, 1.165) is 38.5 Å². The number of halogens is 3. The molecule has 1 aromatic heterocycles. The molecule has 2 aromatic rings. The summed E-state index contributed by atoms with van der Waals surface area (Å²) >= 11 is 0. The zero-order valence-electron chi connectivity index (χ0n) is 20.6. The predicted molar refractivity (Wildman–Crippen MR) is 124 cm³/mol. The second-order valence-electron chi connectivity index (χ2n) is 10.2. The molecule has 2 fully saturated rings. The summed E-state index contributed by atoms with van der Waals surface area (Å²) in [6.07, 6.45) is 4.11. The van der Waals surface area contributed by atoms with Gasteiger partial charge in [-0.15, -0.1) is 0 Å². The number of ketones is 1. The zero-order chi connectivity index (χ0) is 27.0. The molecule has 0 aliphatic heterocycles. The van der Waals surface area contributed by atoms with Crippen LogP contribution in [0.1, 0.15) is 56.1 Å². The van der Waals surface area contributed by atoms with Crippen molar-refractivity contribution in [3.8, 4) is 5.75 Å². The van der Waals surface area contributed by atoms with E-state index in [9.17, 15) is 22.8 Å². The molecule has 1 aromatic carbocycles. The van der Waals surface area contributed by atoms with Crippen LogP contribution in [-0.4, -0.2) is 24.0 Å². The summed E-state index contributed by atoms with van der Waals surface area (Å²) in [6.45, 7) is 2.21. The number of carboxylic acid groups (broad SMARTS) is 1. The summed E-state index contributed by atoms with van der Waals surface area (Å²) in [6, 6.07) is 9.76. The molecule has 7 nitrogen and oxygen atoms in total. The Labute approximate surface area is 212 Å². The smallest absolute Gasteiger partial charge is 0.430 e. The molecule has 0 unspecified atom stereocenters. The molecule has 3 aliphatic carbocycles. The van der Waals surface area contributed by atoms with Gasteiger partial charge in [0.05, 0.1) is 5.69 Å². The number of pyridine rings is 1. The van der Waals surface area contributed by atoms with Gasteiger partial charge in [0.1, 0.15) is 24.5 Å². The first kappa shape index (κ1) is 26.6. The summed E-state index contributed by atoms with van der Waals surface area (Å²) < 4.78 is 39.0. The van der Waals surface area contributed by atoms with Crippen LogP contribution in [0.5, 0.6) is 5.75 Å². The number of Topliss-reactive ketones (excluding diaryl/α,β-unsaturated/α-hetero) is 1. The van der Waals surface area contributed by atoms with Crippen molar-refractivity contribution < 1.29 is 42.0 Å². The van der Waals surface area contributed by atoms with Gasteiger partial charge in [-0.1, -0.05) is 13.0 Å². The van der Waals surface area contributed by atoms with Crippen LogP contribution < -0.4 is 19.7 Å². The Morgan fingerprint density at radius 2 is 1.78 bits per heavy atom. The van der Waals surface area contributed by atoms with Gasteiger partial charge in [0, 0.05) is 24.0 Å². The van der Waals surface area contributed by atoms with Crippen molar-refractivity contribution in [2.45, 2.75) is 57.5 Å². The molecule has 1 amide bonds. The molecule has 0 spiro atoms. The van der Waals surface area contributed by atoms with Crippen molar-refractivity contribution in [3.63, 3.8) is 0 Å². The first-order valence-corrected chi connectivity index (χ1v) is 12.3. The topological polar surface area (TPSA) is 99.4 Å². The Morgan fingerprint density at radius 1 is 1.11 bits per heavy atom. The summed E-state index contributed by atoms with van der Waals surface area (Å²) in [5.41, 5.74) is 3.31. The third kappa shape index (κ3) is 5.62. The minimum Gasteiger partial charge on any atom is -0.542 e. The van der Waals surface area contributed by atoms with Gasteiger partial charge >= 0.3 is 12.3 Å². The minimum absolute atomic E-state index is 0.0890. The third-order valence-electron chi connectivity index (χ3n) is 8.07. The first-order valence-electron chi connectivity index (χ1n) is 12.3. The number of aliphatic carboxylic acids is 1. The Balaban J connectivity index is 0.000000405. The highest BCUT2D eigenvalue weighted by Gasteiger charge is 2.54. The van der Waals surface area contributed by atoms with E-state index in [-0.39, 0.29) is 5.41 Å². The quantitative estimate of drug-likeness (QED) is 0.609. The van der Waals surface area contributed by atoms with E-state index in [1.165, 1.54) is 11.1 Å². The predicted octanol–water partition coefficient (Wildman–Crippen LogP) is 3.85. The van der Waals surface area contributed by atoms with Gasteiger partial charge in [0.25, 0.3) is 0 Å². The molecule has 1 N–H and O–H groups in total. The standard InChI is InChI=1S/C25H28N2O3.C2HF3O2/c1-25-12-9-20-19-6-4-18(30-24(29)26-17-10-13-27(2)14-11-17)15-16(19)3-5-21(20)22(25)7-8-23(25)28;3-2(4,5)1(6)7/h4,6,10-11,13-15,20-22H,3,5,7-9,12H2,1-2H3;(H,6,7)/t20-,21-,22+,25+;/m1./s1. The number of anilines is 1. The van der Waals surface area contributed by atoms with E-state index >= 15 is 0 Å². The lowest BCUT2D eigenvalue weighted by Gasteiger charge is -2.48. The Hall–Kier alpha value is -3.43. The number of benzene rings is 1. The highest BCUT2D eigenvalue weighted by molar-refractivity contribution is 5.87. The van der Waals surface area contributed by atoms with Crippen molar-refractivity contribution in [2.75, 3.05) is 5.32 Å². The first-order chi connectivity index (χ1) is 17.4. The van der Waals surface area contributed by atoms with Gasteiger partial charge in [-0.2, -0.15) is 13.2 Å². The van der Waals surface area contributed by atoms with Crippen molar-refractivity contribution in [1.29, 1.82) is 0 Å². The number of nitrogens with zero attached hydrogens (tertiary/aromatic N) is 1. The second kappa shape index (κ2) is 10.1. The van der Waals surface area contributed by atoms with Crippen LogP contribution in [0.3, 0.4) is 0 Å². The molecule has 4 atom stereocenters. The van der Waals surface area contributed by atoms with E-state index in [1.807, 2.05) is 48.3 Å². The maximum absolute atomic E-state index is 12.5. The number of rotatable bonds is 2. The summed E-state index contributed by atoms with van der Waals surface area (Å²) in [5.74, 6) is -0.261. The third-order valence-corrected chi connectivity index (χ3v) is 8.07. The van der Waals surface area contributed by atoms with E-state index in [1.54, 1.807) is 0 Å². The number of fused-ring (bicyclic) bond motifs is 5. The van der Waals surface area contributed by atoms with Crippen LogP contribution in [-0.2, 0) is 23.1 Å². The molecule has 1 heterocycles. The minimum atomic E-state index is -5.19. The second-order valence-corrected chi connectivity index (χ2v) is 10.2. The SMILES string of the molecule is C[n+]1ccc(NC(=O)Oc2ccc3c(c2)CC[C@@H]2[C@@H]3CC[C@]3(C)C(=O)CC[C@@H]23)cc1.O=C([O-])C(F)(F)F. The molecule has 0 radical (unpaired) electrons. The number of carboxylic acids is 1. The fourth-order valence-corrected chi connectivity index (χ4v) is 6.23. The molecule has 198 valence electrons. The fourth-order valence-electron chi connectivity index (χ4n) is 6.23. The van der Waals surface area contributed by atoms with Crippen LogP contribution in [0.2, 0.25) is 0 Å². The number of nitrogens with one attached hydrogen (secondary N) is 1. The number of aromatic nitrogens is 1. The molecule has 5 rings (SSSR count). The lowest BCUT2D eigenvalue weighted by molar-refractivity contribution is -0.671. The van der Waals surface area contributed by atoms with Crippen molar-refractivity contribution in [3.05, 3.63) is 53.9 Å². The molecule has 37 heavy (non-hydrogen) atoms. The number of hydrogen-bond acceptors (Lipinski definition) is 5. The van der Waals surface area contributed by atoms with Gasteiger partial charge in [0.2, 0.25) is 0 Å². The van der Waals surface area contributed by atoms with E-state index in [4.69, 9.17) is 14.6 Å². The van der Waals surface area contributed by atoms with Gasteiger partial charge in [0.15, 0.2) is 12.4 Å². The van der Waals surface area contributed by atoms with Gasteiger partial charge in [-0.05, 0) is 73.1 Å². The number of amides is 1. The van der Waals surface area contributed by atoms with Crippen LogP contribution >= 0.6 is 0 Å². The summed E-state index contributed by atoms with van der Waals surface area (Å²) in [4.78, 5) is 33.6. The van der Waals surface area contributed by atoms with Crippen molar-refractivity contribution >= 4 is 23.5 Å². The van der Waals surface area contributed by atoms with Gasteiger partial charge < -0.3 is 14.6 Å². The normalized spacial score (nSPS) is 26.1. The number of aryl methyl sites for hydroxylation is 2. The van der Waals surface area contributed by atoms with E-state index < -0.39 is 18.2 Å². The molecule has 2 saturated carbocycles. The average molecular weight is 519 g/mol. The maximum Gasteiger partial charge on any atom is 0.430 e. The maximum atomic E-state index is 12.5. The lowest BCUT2D eigenvalue weighted by atomic mass is 9.55. The largest absolute Gasteiger partial charge is 0.542 e. The molecule has 10 heteroatoms. The molecule has 0 saturated heterocycles. The Morgan fingerprint density at radius 3 is 2.43 bits per heavy atom. The van der Waals surface area contributed by atoms with Crippen LogP contribution in [0.25, 0.3) is 0 Å². The van der Waals surface area contributed by atoms with Crippen LogP contribution in [0.15, 0.2) is 42.7 Å². The Bertz CT molecular complexity index is 1200. The number of carbonyl (C=O) groups excluding carboxylic acids is 3. The summed E-state index contributed by atoms with van der Waals surface area (Å²) in [7, 11) is 1.93. The molecular formula is C27H29F3N2O5. The molecule has 0 bridgehead atoms. The Kier molecular flexibility index (Phi) is 7.30. The number of alkyl halides is 3.